The van der Waals surface area contributed by atoms with Gasteiger partial charge in [-0.25, -0.2) is 0 Å². The maximum absolute atomic E-state index is 9.05. The van der Waals surface area contributed by atoms with E-state index in [4.69, 9.17) is 11.0 Å². The summed E-state index contributed by atoms with van der Waals surface area (Å²) in [4.78, 5) is 0. The minimum atomic E-state index is -0.166. The molecule has 1 atom stereocenters. The molecule has 0 bridgehead atoms. The highest BCUT2D eigenvalue weighted by atomic mass is 15.0. The molecular weight excluding hydrogens is 210 g/mol. The Balaban J connectivity index is 2.91. The van der Waals surface area contributed by atoms with Crippen molar-refractivity contribution >= 4 is 5.69 Å². The minimum absolute atomic E-state index is 0.166. The Morgan fingerprint density at radius 3 is 2.59 bits per heavy atom. The quantitative estimate of drug-likeness (QED) is 0.819. The number of nitriles is 1. The van der Waals surface area contributed by atoms with E-state index in [1.807, 2.05) is 24.3 Å². The number of hydrogen-bond acceptors (Lipinski definition) is 3. The molecule has 1 unspecified atom stereocenters. The number of benzene rings is 1. The molecule has 1 aromatic rings. The fraction of sp³-hybridized carbons (Fsp3) is 0.500. The number of nitrogens with zero attached hydrogens (tertiary/aromatic N) is 1. The molecule has 17 heavy (non-hydrogen) atoms. The van der Waals surface area contributed by atoms with Crippen LogP contribution in [0.3, 0.4) is 0 Å². The standard InChI is InChI=1S/C14H21N3/c1-11(2)8-14(3,10-16)17-13-7-5-4-6-12(13)9-15/h4-7,11,17H,8,10,16H2,1-3H3. The van der Waals surface area contributed by atoms with Gasteiger partial charge in [-0.3, -0.25) is 0 Å². The van der Waals surface area contributed by atoms with Gasteiger partial charge in [0.25, 0.3) is 0 Å². The average molecular weight is 231 g/mol. The summed E-state index contributed by atoms with van der Waals surface area (Å²) in [5, 5.41) is 12.5. The predicted octanol–water partition coefficient (Wildman–Crippen LogP) is 2.73. The highest BCUT2D eigenvalue weighted by Gasteiger charge is 2.24. The fourth-order valence-corrected chi connectivity index (χ4v) is 2.10. The summed E-state index contributed by atoms with van der Waals surface area (Å²) in [6.45, 7) is 6.99. The van der Waals surface area contributed by atoms with Crippen LogP contribution in [0.25, 0.3) is 0 Å². The van der Waals surface area contributed by atoms with Crippen molar-refractivity contribution in [2.45, 2.75) is 32.7 Å². The first-order valence-corrected chi connectivity index (χ1v) is 5.98. The van der Waals surface area contributed by atoms with Crippen LogP contribution in [0.5, 0.6) is 0 Å². The summed E-state index contributed by atoms with van der Waals surface area (Å²) in [5.41, 5.74) is 7.21. The van der Waals surface area contributed by atoms with E-state index in [1.165, 1.54) is 0 Å². The molecule has 3 N–H and O–H groups in total. The van der Waals surface area contributed by atoms with Crippen molar-refractivity contribution in [3.05, 3.63) is 29.8 Å². The summed E-state index contributed by atoms with van der Waals surface area (Å²) in [6.07, 6.45) is 0.975. The number of para-hydroxylation sites is 1. The van der Waals surface area contributed by atoms with Crippen molar-refractivity contribution in [2.24, 2.45) is 11.7 Å². The van der Waals surface area contributed by atoms with Crippen LogP contribution in [0.15, 0.2) is 24.3 Å². The third kappa shape index (κ3) is 3.76. The van der Waals surface area contributed by atoms with E-state index < -0.39 is 0 Å². The lowest BCUT2D eigenvalue weighted by molar-refractivity contribution is 0.407. The molecule has 0 saturated carbocycles. The molecule has 0 aromatic heterocycles. The van der Waals surface area contributed by atoms with E-state index in [2.05, 4.69) is 32.2 Å². The van der Waals surface area contributed by atoms with Crippen LogP contribution in [-0.4, -0.2) is 12.1 Å². The highest BCUT2D eigenvalue weighted by molar-refractivity contribution is 5.58. The Hall–Kier alpha value is -1.53. The van der Waals surface area contributed by atoms with Gasteiger partial charge in [-0.15, -0.1) is 0 Å². The number of nitrogens with one attached hydrogen (secondary N) is 1. The molecule has 0 saturated heterocycles. The predicted molar refractivity (Wildman–Crippen MR) is 71.7 cm³/mol. The Kier molecular flexibility index (Phi) is 4.53. The van der Waals surface area contributed by atoms with Gasteiger partial charge in [-0.1, -0.05) is 26.0 Å². The van der Waals surface area contributed by atoms with Crippen LogP contribution >= 0.6 is 0 Å². The van der Waals surface area contributed by atoms with Crippen LogP contribution in [0.2, 0.25) is 0 Å². The van der Waals surface area contributed by atoms with Gasteiger partial charge in [0, 0.05) is 12.1 Å². The van der Waals surface area contributed by atoms with E-state index >= 15 is 0 Å². The summed E-state index contributed by atoms with van der Waals surface area (Å²) >= 11 is 0. The van der Waals surface area contributed by atoms with E-state index in [0.29, 0.717) is 18.0 Å². The first-order valence-electron chi connectivity index (χ1n) is 5.98. The molecule has 0 radical (unpaired) electrons. The van der Waals surface area contributed by atoms with Crippen LogP contribution in [0.4, 0.5) is 5.69 Å². The van der Waals surface area contributed by atoms with Crippen molar-refractivity contribution in [3.63, 3.8) is 0 Å². The number of anilines is 1. The third-order valence-corrected chi connectivity index (χ3v) is 2.79. The summed E-state index contributed by atoms with van der Waals surface area (Å²) in [5.74, 6) is 0.560. The summed E-state index contributed by atoms with van der Waals surface area (Å²) in [6, 6.07) is 9.72. The molecule has 3 heteroatoms. The Morgan fingerprint density at radius 2 is 2.06 bits per heavy atom. The zero-order valence-electron chi connectivity index (χ0n) is 10.8. The maximum atomic E-state index is 9.05. The van der Waals surface area contributed by atoms with Crippen molar-refractivity contribution in [2.75, 3.05) is 11.9 Å². The number of hydrogen-bond donors (Lipinski definition) is 2. The second kappa shape index (κ2) is 5.70. The summed E-state index contributed by atoms with van der Waals surface area (Å²) in [7, 11) is 0. The lowest BCUT2D eigenvalue weighted by atomic mass is 9.90. The summed E-state index contributed by atoms with van der Waals surface area (Å²) < 4.78 is 0. The minimum Gasteiger partial charge on any atom is -0.378 e. The zero-order valence-corrected chi connectivity index (χ0v) is 10.8. The Morgan fingerprint density at radius 1 is 1.41 bits per heavy atom. The first kappa shape index (κ1) is 13.5. The van der Waals surface area contributed by atoms with Gasteiger partial charge in [0.15, 0.2) is 0 Å². The van der Waals surface area contributed by atoms with E-state index in [-0.39, 0.29) is 5.54 Å². The van der Waals surface area contributed by atoms with Gasteiger partial charge >= 0.3 is 0 Å². The Labute approximate surface area is 104 Å². The monoisotopic (exact) mass is 231 g/mol. The van der Waals surface area contributed by atoms with Gasteiger partial charge < -0.3 is 11.1 Å². The molecule has 0 amide bonds. The SMILES string of the molecule is CC(C)CC(C)(CN)Nc1ccccc1C#N. The van der Waals surface area contributed by atoms with Gasteiger partial charge in [-0.05, 0) is 31.4 Å². The van der Waals surface area contributed by atoms with Gasteiger partial charge in [0.05, 0.1) is 11.3 Å². The van der Waals surface area contributed by atoms with Crippen molar-refractivity contribution in [3.8, 4) is 6.07 Å². The van der Waals surface area contributed by atoms with E-state index in [0.717, 1.165) is 12.1 Å². The van der Waals surface area contributed by atoms with Crippen molar-refractivity contribution < 1.29 is 0 Å². The number of nitrogens with two attached hydrogens (primary N) is 1. The molecule has 1 aromatic carbocycles. The molecule has 0 aliphatic rings. The molecule has 0 spiro atoms. The van der Waals surface area contributed by atoms with Crippen LogP contribution < -0.4 is 11.1 Å². The number of rotatable bonds is 5. The van der Waals surface area contributed by atoms with E-state index in [9.17, 15) is 0 Å². The smallest absolute Gasteiger partial charge is 0.101 e. The second-order valence-electron chi connectivity index (χ2n) is 5.15. The van der Waals surface area contributed by atoms with Crippen molar-refractivity contribution in [1.29, 1.82) is 5.26 Å². The molecular formula is C14H21N3. The molecule has 0 aliphatic carbocycles. The third-order valence-electron chi connectivity index (χ3n) is 2.79. The second-order valence-corrected chi connectivity index (χ2v) is 5.15. The molecule has 92 valence electrons. The van der Waals surface area contributed by atoms with E-state index in [1.54, 1.807) is 0 Å². The molecule has 0 heterocycles. The normalized spacial score (nSPS) is 14.1. The molecule has 0 aliphatic heterocycles. The molecule has 3 nitrogen and oxygen atoms in total. The topological polar surface area (TPSA) is 61.8 Å². The first-order chi connectivity index (χ1) is 8.00. The van der Waals surface area contributed by atoms with Gasteiger partial charge in [0.1, 0.15) is 6.07 Å². The van der Waals surface area contributed by atoms with Crippen LogP contribution in [-0.2, 0) is 0 Å². The fourth-order valence-electron chi connectivity index (χ4n) is 2.10. The average Bonchev–Trinajstić information content (AvgIpc) is 2.28. The highest BCUT2D eigenvalue weighted by Crippen LogP contribution is 2.23. The molecule has 1 rings (SSSR count). The van der Waals surface area contributed by atoms with Gasteiger partial charge in [-0.2, -0.15) is 5.26 Å². The maximum Gasteiger partial charge on any atom is 0.101 e. The lowest BCUT2D eigenvalue weighted by Gasteiger charge is -2.32. The Bertz CT molecular complexity index is 406. The van der Waals surface area contributed by atoms with Crippen molar-refractivity contribution in [1.82, 2.24) is 0 Å². The zero-order chi connectivity index (χ0) is 12.9. The largest absolute Gasteiger partial charge is 0.378 e. The molecule has 0 fully saturated rings. The lowest BCUT2D eigenvalue weighted by Crippen LogP contribution is -2.43. The van der Waals surface area contributed by atoms with Crippen LogP contribution in [0, 0.1) is 17.2 Å². The van der Waals surface area contributed by atoms with Crippen LogP contribution in [0.1, 0.15) is 32.8 Å². The van der Waals surface area contributed by atoms with Gasteiger partial charge in [0.2, 0.25) is 0 Å².